The molecule has 139 valence electrons. The molecule has 4 aromatic rings. The van der Waals surface area contributed by atoms with Crippen LogP contribution < -0.4 is 10.3 Å². The lowest BCUT2D eigenvalue weighted by Gasteiger charge is -2.32. The highest BCUT2D eigenvalue weighted by molar-refractivity contribution is 6.03. The van der Waals surface area contributed by atoms with Crippen LogP contribution in [-0.2, 0) is 5.41 Å². The fourth-order valence-electron chi connectivity index (χ4n) is 4.01. The van der Waals surface area contributed by atoms with E-state index in [1.54, 1.807) is 12.5 Å². The molecule has 0 amide bonds. The molecule has 0 saturated carbocycles. The fourth-order valence-corrected chi connectivity index (χ4v) is 4.01. The lowest BCUT2D eigenvalue weighted by Crippen LogP contribution is -2.45. The van der Waals surface area contributed by atoms with Crippen LogP contribution in [0.2, 0.25) is 0 Å². The Labute approximate surface area is 169 Å². The zero-order valence-electron chi connectivity index (χ0n) is 15.8. The summed E-state index contributed by atoms with van der Waals surface area (Å²) in [6.07, 6.45) is 7.35. The Morgan fingerprint density at radius 3 is 1.69 bits per heavy atom. The van der Waals surface area contributed by atoms with Crippen molar-refractivity contribution in [1.29, 1.82) is 0 Å². The second-order valence-corrected chi connectivity index (χ2v) is 6.93. The topological polar surface area (TPSA) is 44.0 Å². The van der Waals surface area contributed by atoms with Gasteiger partial charge in [0.05, 0.1) is 12.4 Å². The van der Waals surface area contributed by atoms with E-state index in [2.05, 4.69) is 83.1 Å². The van der Waals surface area contributed by atoms with Crippen molar-refractivity contribution < 1.29 is 0 Å². The Kier molecular flexibility index (Phi) is 4.30. The molecule has 4 heteroatoms. The predicted octanol–water partition coefficient (Wildman–Crippen LogP) is 4.01. The van der Waals surface area contributed by atoms with Gasteiger partial charge < -0.3 is 0 Å². The Morgan fingerprint density at radius 2 is 1.24 bits per heavy atom. The van der Waals surface area contributed by atoms with E-state index in [1.165, 1.54) is 0 Å². The van der Waals surface area contributed by atoms with E-state index in [4.69, 9.17) is 4.99 Å². The lowest BCUT2D eigenvalue weighted by atomic mass is 9.68. The number of hydrogen-bond acceptors (Lipinski definition) is 3. The second-order valence-electron chi connectivity index (χ2n) is 6.93. The second kappa shape index (κ2) is 7.24. The Bertz CT molecular complexity index is 1050. The summed E-state index contributed by atoms with van der Waals surface area (Å²) in [6, 6.07) is 31.6. The molecular weight excluding hydrogens is 356 g/mol. The van der Waals surface area contributed by atoms with Gasteiger partial charge in [-0.25, -0.2) is 9.55 Å². The van der Waals surface area contributed by atoms with Gasteiger partial charge in [-0.3, -0.25) is 5.32 Å². The third-order valence-corrected chi connectivity index (χ3v) is 5.31. The summed E-state index contributed by atoms with van der Waals surface area (Å²) in [5, 5.41) is 3.47. The van der Waals surface area contributed by atoms with Gasteiger partial charge in [0.2, 0.25) is 0 Å². The minimum absolute atomic E-state index is 0.567. The number of aliphatic imine (C=N–C) groups is 1. The van der Waals surface area contributed by atoms with Gasteiger partial charge in [-0.1, -0.05) is 96.0 Å². The number of amidine groups is 1. The summed E-state index contributed by atoms with van der Waals surface area (Å²) in [6.45, 7) is 0. The van der Waals surface area contributed by atoms with Crippen LogP contribution in [0, 0.1) is 0 Å². The minimum atomic E-state index is -0.567. The summed E-state index contributed by atoms with van der Waals surface area (Å²) < 4.78 is 1.91. The molecule has 1 aliphatic heterocycles. The lowest BCUT2D eigenvalue weighted by molar-refractivity contribution is 0.799. The minimum Gasteiger partial charge on any atom is -0.273 e. The summed E-state index contributed by atoms with van der Waals surface area (Å²) in [4.78, 5) is 9.18. The largest absolute Gasteiger partial charge is 0.300 e. The summed E-state index contributed by atoms with van der Waals surface area (Å²) in [7, 11) is 0. The van der Waals surface area contributed by atoms with E-state index in [1.807, 2.05) is 35.2 Å². The molecule has 0 unspecified atom stereocenters. The summed E-state index contributed by atoms with van der Waals surface area (Å²) in [5.41, 5.74) is 2.90. The van der Waals surface area contributed by atoms with Crippen molar-refractivity contribution in [2.45, 2.75) is 5.41 Å². The van der Waals surface area contributed by atoms with Gasteiger partial charge in [-0.15, -0.1) is 0 Å². The van der Waals surface area contributed by atoms with Gasteiger partial charge in [-0.05, 0) is 16.7 Å². The van der Waals surface area contributed by atoms with Crippen molar-refractivity contribution in [2.24, 2.45) is 0 Å². The maximum atomic E-state index is 5.02. The molecule has 0 saturated heterocycles. The van der Waals surface area contributed by atoms with Crippen LogP contribution in [0.1, 0.15) is 16.7 Å². The van der Waals surface area contributed by atoms with E-state index in [-0.39, 0.29) is 0 Å². The maximum Gasteiger partial charge on any atom is 0.300 e. The zero-order valence-corrected chi connectivity index (χ0v) is 15.8. The van der Waals surface area contributed by atoms with Gasteiger partial charge in [0, 0.05) is 0 Å². The van der Waals surface area contributed by atoms with Gasteiger partial charge in [0.25, 0.3) is 5.84 Å². The number of imidazole rings is 1. The molecule has 29 heavy (non-hydrogen) atoms. The maximum absolute atomic E-state index is 5.02. The highest BCUT2D eigenvalue weighted by atomic mass is 15.2. The smallest absolute Gasteiger partial charge is 0.273 e. The Hall–Kier alpha value is -3.92. The van der Waals surface area contributed by atoms with E-state index in [9.17, 15) is 0 Å². The Morgan fingerprint density at radius 1 is 0.724 bits per heavy atom. The van der Waals surface area contributed by atoms with Crippen LogP contribution in [0.4, 0.5) is 0 Å². The van der Waals surface area contributed by atoms with Gasteiger partial charge in [0.1, 0.15) is 11.6 Å². The third-order valence-electron chi connectivity index (χ3n) is 5.31. The number of hydrogen-bond donors (Lipinski definition) is 1. The highest BCUT2D eigenvalue weighted by Crippen LogP contribution is 2.40. The molecule has 0 aliphatic carbocycles. The quantitative estimate of drug-likeness (QED) is 0.535. The molecule has 5 rings (SSSR count). The standard InChI is InChI=1S/C25H20N4/c1-4-10-20(11-5-1)25(21-12-6-2-7-13-21,22-14-8-3-9-15-22)24-27-18-23(28-24)29-17-16-26-19-29/h1-19,27H/q+1. The van der Waals surface area contributed by atoms with Crippen molar-refractivity contribution in [1.82, 2.24) is 19.9 Å². The molecule has 1 N–H and O–H groups in total. The normalized spacial score (nSPS) is 13.5. The van der Waals surface area contributed by atoms with Crippen LogP contribution in [-0.4, -0.2) is 15.4 Å². The van der Waals surface area contributed by atoms with Gasteiger partial charge in [0.15, 0.2) is 6.33 Å². The van der Waals surface area contributed by atoms with Crippen molar-refractivity contribution >= 4 is 11.7 Å². The predicted molar refractivity (Wildman–Crippen MR) is 116 cm³/mol. The van der Waals surface area contributed by atoms with E-state index in [0.29, 0.717) is 0 Å². The SMILES string of the molecule is C1=C(n2ccnc2)[N+]=C(C(c2ccccc2)(c2ccccc2)c2ccccc2)N1. The van der Waals surface area contributed by atoms with Gasteiger partial charge >= 0.3 is 5.82 Å². The molecule has 0 fully saturated rings. The first kappa shape index (κ1) is 17.2. The molecule has 0 bridgehead atoms. The van der Waals surface area contributed by atoms with Crippen LogP contribution in [0.15, 0.2) is 116 Å². The van der Waals surface area contributed by atoms with Crippen LogP contribution in [0.5, 0.6) is 0 Å². The first-order valence-corrected chi connectivity index (χ1v) is 9.60. The van der Waals surface area contributed by atoms with Crippen LogP contribution >= 0.6 is 0 Å². The zero-order chi connectivity index (χ0) is 19.5. The van der Waals surface area contributed by atoms with Crippen molar-refractivity contribution in [3.63, 3.8) is 0 Å². The number of nitrogens with zero attached hydrogens (tertiary/aromatic N) is 3. The number of nitrogens with one attached hydrogen (secondary N) is 1. The first-order valence-electron chi connectivity index (χ1n) is 9.60. The highest BCUT2D eigenvalue weighted by Gasteiger charge is 2.47. The van der Waals surface area contributed by atoms with Crippen LogP contribution in [0.25, 0.3) is 5.82 Å². The number of rotatable bonds is 5. The average Bonchev–Trinajstić information content (AvgIpc) is 3.49. The summed E-state index contributed by atoms with van der Waals surface area (Å²) >= 11 is 0. The van der Waals surface area contributed by atoms with Crippen molar-refractivity contribution in [3.05, 3.63) is 133 Å². The number of aromatic nitrogens is 2. The van der Waals surface area contributed by atoms with Crippen LogP contribution in [0.3, 0.4) is 0 Å². The van der Waals surface area contributed by atoms with Crippen molar-refractivity contribution in [3.8, 4) is 0 Å². The number of benzene rings is 3. The van der Waals surface area contributed by atoms with E-state index < -0.39 is 5.41 Å². The molecular formula is C25H20N4+. The molecule has 3 aromatic carbocycles. The Balaban J connectivity index is 1.79. The van der Waals surface area contributed by atoms with E-state index >= 15 is 0 Å². The average molecular weight is 376 g/mol. The molecule has 1 radical (unpaired) electrons. The molecule has 4 nitrogen and oxygen atoms in total. The van der Waals surface area contributed by atoms with Crippen molar-refractivity contribution in [2.75, 3.05) is 0 Å². The first-order chi connectivity index (χ1) is 14.4. The molecule has 1 aromatic heterocycles. The van der Waals surface area contributed by atoms with E-state index in [0.717, 1.165) is 28.3 Å². The molecule has 1 aliphatic rings. The van der Waals surface area contributed by atoms with Gasteiger partial charge in [-0.2, -0.15) is 0 Å². The fraction of sp³-hybridized carbons (Fsp3) is 0.0400. The monoisotopic (exact) mass is 376 g/mol. The molecule has 2 heterocycles. The third kappa shape index (κ3) is 2.86. The molecule has 0 atom stereocenters. The summed E-state index contributed by atoms with van der Waals surface area (Å²) in [5.74, 6) is 1.68. The molecule has 0 spiro atoms.